The third kappa shape index (κ3) is 3.88. The minimum atomic E-state index is -0.282. The van der Waals surface area contributed by atoms with Crippen molar-refractivity contribution < 1.29 is 9.53 Å². The van der Waals surface area contributed by atoms with Crippen LogP contribution in [0.15, 0.2) is 15.9 Å². The third-order valence-corrected chi connectivity index (χ3v) is 3.97. The Labute approximate surface area is 108 Å². The van der Waals surface area contributed by atoms with Crippen molar-refractivity contribution in [3.05, 3.63) is 20.8 Å². The molecule has 1 heterocycles. The van der Waals surface area contributed by atoms with Crippen molar-refractivity contribution in [2.24, 2.45) is 0 Å². The lowest BCUT2D eigenvalue weighted by Gasteiger charge is -2.17. The molecule has 0 aliphatic heterocycles. The SMILES string of the molecule is CCOC(=O)C(C)NC(C)c1ccc(Br)s1. The first-order chi connectivity index (χ1) is 7.54. The maximum Gasteiger partial charge on any atom is 0.322 e. The molecule has 0 bridgehead atoms. The van der Waals surface area contributed by atoms with Crippen molar-refractivity contribution in [2.45, 2.75) is 32.9 Å². The number of carbonyl (C=O) groups is 1. The van der Waals surface area contributed by atoms with Gasteiger partial charge in [0.25, 0.3) is 0 Å². The zero-order chi connectivity index (χ0) is 12.1. The van der Waals surface area contributed by atoms with Crippen LogP contribution in [0.25, 0.3) is 0 Å². The van der Waals surface area contributed by atoms with Crippen LogP contribution in [-0.4, -0.2) is 18.6 Å². The summed E-state index contributed by atoms with van der Waals surface area (Å²) in [5.74, 6) is -0.204. The van der Waals surface area contributed by atoms with Crippen LogP contribution < -0.4 is 5.32 Å². The molecule has 90 valence electrons. The molecule has 0 fully saturated rings. The number of esters is 1. The van der Waals surface area contributed by atoms with Gasteiger partial charge in [-0.3, -0.25) is 10.1 Å². The average molecular weight is 306 g/mol. The van der Waals surface area contributed by atoms with Crippen LogP contribution in [-0.2, 0) is 9.53 Å². The molecule has 0 amide bonds. The lowest BCUT2D eigenvalue weighted by atomic mass is 10.2. The Hall–Kier alpha value is -0.390. The summed E-state index contributed by atoms with van der Waals surface area (Å²) >= 11 is 5.08. The predicted molar refractivity (Wildman–Crippen MR) is 69.7 cm³/mol. The van der Waals surface area contributed by atoms with E-state index in [1.807, 2.05) is 32.9 Å². The Morgan fingerprint density at radius 3 is 2.75 bits per heavy atom. The van der Waals surface area contributed by atoms with E-state index in [2.05, 4.69) is 21.2 Å². The number of nitrogens with one attached hydrogen (secondary N) is 1. The molecular weight excluding hydrogens is 290 g/mol. The molecule has 1 N–H and O–H groups in total. The predicted octanol–water partition coefficient (Wildman–Crippen LogP) is 3.11. The van der Waals surface area contributed by atoms with Crippen LogP contribution in [0.4, 0.5) is 0 Å². The van der Waals surface area contributed by atoms with E-state index in [4.69, 9.17) is 4.74 Å². The van der Waals surface area contributed by atoms with Gasteiger partial charge in [0.1, 0.15) is 6.04 Å². The maximum absolute atomic E-state index is 11.4. The van der Waals surface area contributed by atoms with E-state index in [1.165, 1.54) is 4.88 Å². The molecule has 2 atom stereocenters. The van der Waals surface area contributed by atoms with E-state index in [1.54, 1.807) is 11.3 Å². The highest BCUT2D eigenvalue weighted by Gasteiger charge is 2.17. The summed E-state index contributed by atoms with van der Waals surface area (Å²) in [4.78, 5) is 12.6. The summed E-state index contributed by atoms with van der Waals surface area (Å²) in [6.07, 6.45) is 0. The first-order valence-corrected chi connectivity index (χ1v) is 6.83. The zero-order valence-corrected chi connectivity index (χ0v) is 12.0. The first-order valence-electron chi connectivity index (χ1n) is 5.22. The first kappa shape index (κ1) is 13.7. The zero-order valence-electron chi connectivity index (χ0n) is 9.62. The van der Waals surface area contributed by atoms with Crippen LogP contribution in [0.5, 0.6) is 0 Å². The molecule has 0 saturated heterocycles. The summed E-state index contributed by atoms with van der Waals surface area (Å²) in [6.45, 7) is 6.08. The minimum Gasteiger partial charge on any atom is -0.465 e. The highest BCUT2D eigenvalue weighted by Crippen LogP contribution is 2.27. The van der Waals surface area contributed by atoms with Gasteiger partial charge < -0.3 is 4.74 Å². The Morgan fingerprint density at radius 1 is 1.56 bits per heavy atom. The molecule has 0 spiro atoms. The Balaban J connectivity index is 2.51. The fraction of sp³-hybridized carbons (Fsp3) is 0.545. The quantitative estimate of drug-likeness (QED) is 0.850. The molecule has 0 aromatic carbocycles. The van der Waals surface area contributed by atoms with Crippen molar-refractivity contribution in [1.82, 2.24) is 5.32 Å². The van der Waals surface area contributed by atoms with Gasteiger partial charge in [0.15, 0.2) is 0 Å². The summed E-state index contributed by atoms with van der Waals surface area (Å²) in [5.41, 5.74) is 0. The van der Waals surface area contributed by atoms with E-state index >= 15 is 0 Å². The molecule has 0 radical (unpaired) electrons. The number of halogens is 1. The highest BCUT2D eigenvalue weighted by molar-refractivity contribution is 9.11. The van der Waals surface area contributed by atoms with E-state index in [9.17, 15) is 4.79 Å². The summed E-state index contributed by atoms with van der Waals surface area (Å²) in [5, 5.41) is 3.21. The van der Waals surface area contributed by atoms with Gasteiger partial charge in [0, 0.05) is 10.9 Å². The molecule has 1 aromatic heterocycles. The molecule has 3 nitrogen and oxygen atoms in total. The molecule has 0 saturated carbocycles. The molecule has 0 aliphatic carbocycles. The lowest BCUT2D eigenvalue weighted by molar-refractivity contribution is -0.145. The molecule has 1 rings (SSSR count). The molecule has 1 aromatic rings. The number of hydrogen-bond acceptors (Lipinski definition) is 4. The van der Waals surface area contributed by atoms with Crippen molar-refractivity contribution >= 4 is 33.2 Å². The highest BCUT2D eigenvalue weighted by atomic mass is 79.9. The second kappa shape index (κ2) is 6.37. The van der Waals surface area contributed by atoms with Gasteiger partial charge in [-0.2, -0.15) is 0 Å². The Morgan fingerprint density at radius 2 is 2.25 bits per heavy atom. The van der Waals surface area contributed by atoms with E-state index in [-0.39, 0.29) is 18.1 Å². The fourth-order valence-electron chi connectivity index (χ4n) is 1.35. The second-order valence-electron chi connectivity index (χ2n) is 3.50. The molecule has 0 aliphatic rings. The van der Waals surface area contributed by atoms with Gasteiger partial charge in [-0.05, 0) is 48.8 Å². The largest absolute Gasteiger partial charge is 0.465 e. The van der Waals surface area contributed by atoms with Crippen LogP contribution in [0.3, 0.4) is 0 Å². The van der Waals surface area contributed by atoms with Crippen LogP contribution >= 0.6 is 27.3 Å². The summed E-state index contributed by atoms with van der Waals surface area (Å²) < 4.78 is 6.04. The molecule has 16 heavy (non-hydrogen) atoms. The third-order valence-electron chi connectivity index (χ3n) is 2.16. The van der Waals surface area contributed by atoms with Gasteiger partial charge in [-0.25, -0.2) is 0 Å². The van der Waals surface area contributed by atoms with Crippen molar-refractivity contribution in [2.75, 3.05) is 6.61 Å². The van der Waals surface area contributed by atoms with E-state index in [0.29, 0.717) is 6.61 Å². The van der Waals surface area contributed by atoms with Crippen molar-refractivity contribution in [1.29, 1.82) is 0 Å². The van der Waals surface area contributed by atoms with Crippen LogP contribution in [0, 0.1) is 0 Å². The Bertz CT molecular complexity index is 354. The number of thiophene rings is 1. The van der Waals surface area contributed by atoms with Crippen molar-refractivity contribution in [3.63, 3.8) is 0 Å². The maximum atomic E-state index is 11.4. The normalized spacial score (nSPS) is 14.5. The monoisotopic (exact) mass is 305 g/mol. The molecular formula is C11H16BrNO2S. The number of rotatable bonds is 5. The van der Waals surface area contributed by atoms with Crippen LogP contribution in [0.2, 0.25) is 0 Å². The second-order valence-corrected chi connectivity index (χ2v) is 6.00. The van der Waals surface area contributed by atoms with Gasteiger partial charge in [-0.15, -0.1) is 11.3 Å². The molecule has 2 unspecified atom stereocenters. The average Bonchev–Trinajstić information content (AvgIpc) is 2.65. The van der Waals surface area contributed by atoms with E-state index in [0.717, 1.165) is 3.79 Å². The van der Waals surface area contributed by atoms with Gasteiger partial charge in [0.05, 0.1) is 10.4 Å². The smallest absolute Gasteiger partial charge is 0.322 e. The fourth-order valence-corrected chi connectivity index (χ4v) is 2.79. The summed E-state index contributed by atoms with van der Waals surface area (Å²) in [7, 11) is 0. The van der Waals surface area contributed by atoms with Gasteiger partial charge in [0.2, 0.25) is 0 Å². The van der Waals surface area contributed by atoms with Crippen LogP contribution in [0.1, 0.15) is 31.7 Å². The number of hydrogen-bond donors (Lipinski definition) is 1. The topological polar surface area (TPSA) is 38.3 Å². The summed E-state index contributed by atoms with van der Waals surface area (Å²) in [6, 6.07) is 3.92. The van der Waals surface area contributed by atoms with Crippen molar-refractivity contribution in [3.8, 4) is 0 Å². The standard InChI is InChI=1S/C11H16BrNO2S/c1-4-15-11(14)8(3)13-7(2)9-5-6-10(12)16-9/h5-8,13H,4H2,1-3H3. The number of ether oxygens (including phenoxy) is 1. The van der Waals surface area contributed by atoms with Gasteiger partial charge in [-0.1, -0.05) is 0 Å². The number of carbonyl (C=O) groups excluding carboxylic acids is 1. The van der Waals surface area contributed by atoms with Gasteiger partial charge >= 0.3 is 5.97 Å². The lowest BCUT2D eigenvalue weighted by Crippen LogP contribution is -2.36. The Kier molecular flexibility index (Phi) is 5.44. The molecule has 5 heteroatoms. The van der Waals surface area contributed by atoms with E-state index < -0.39 is 0 Å². The minimum absolute atomic E-state index is 0.149.